The quantitative estimate of drug-likeness (QED) is 0.0927. The summed E-state index contributed by atoms with van der Waals surface area (Å²) in [5.41, 5.74) is 6.16. The van der Waals surface area contributed by atoms with Crippen molar-refractivity contribution in [1.82, 2.24) is 0 Å². The minimum absolute atomic E-state index is 0.0379. The van der Waals surface area contributed by atoms with Crippen LogP contribution in [0.15, 0.2) is 109 Å². The third kappa shape index (κ3) is 4.61. The summed E-state index contributed by atoms with van der Waals surface area (Å²) < 4.78 is 6.71. The number of hydrogen-bond donors (Lipinski definition) is 8. The highest BCUT2D eigenvalue weighted by Gasteiger charge is 2.57. The van der Waals surface area contributed by atoms with Gasteiger partial charge in [-0.05, 0) is 88.0 Å². The van der Waals surface area contributed by atoms with Gasteiger partial charge in [-0.1, -0.05) is 36.4 Å². The van der Waals surface area contributed by atoms with Crippen LogP contribution in [0.5, 0.6) is 51.7 Å². The van der Waals surface area contributed by atoms with E-state index in [-0.39, 0.29) is 51.9 Å². The molecule has 0 fully saturated rings. The van der Waals surface area contributed by atoms with Gasteiger partial charge in [-0.2, -0.15) is 0 Å². The van der Waals surface area contributed by atoms with Crippen LogP contribution in [0.3, 0.4) is 0 Å². The highest BCUT2D eigenvalue weighted by molar-refractivity contribution is 5.73. The second-order valence-electron chi connectivity index (χ2n) is 13.7. The van der Waals surface area contributed by atoms with Gasteiger partial charge in [0.15, 0.2) is 0 Å². The van der Waals surface area contributed by atoms with Gasteiger partial charge in [-0.3, -0.25) is 0 Å². The molecule has 6 atom stereocenters. The number of benzene rings is 6. The van der Waals surface area contributed by atoms with Crippen LogP contribution in [0.2, 0.25) is 0 Å². The lowest BCUT2D eigenvalue weighted by molar-refractivity contribution is 0.221. The molecule has 3 aliphatic rings. The second-order valence-corrected chi connectivity index (χ2v) is 13.7. The molecule has 9 rings (SSSR count). The van der Waals surface area contributed by atoms with Gasteiger partial charge in [-0.25, -0.2) is 0 Å². The number of aromatic hydroxyl groups is 8. The van der Waals surface area contributed by atoms with E-state index in [0.29, 0.717) is 33.6 Å². The van der Waals surface area contributed by atoms with Crippen molar-refractivity contribution in [3.8, 4) is 51.7 Å². The molecule has 8 N–H and O–H groups in total. The number of rotatable bonds is 4. The molecule has 51 heavy (non-hydrogen) atoms. The first-order valence-electron chi connectivity index (χ1n) is 16.6. The van der Waals surface area contributed by atoms with E-state index in [9.17, 15) is 40.9 Å². The maximum Gasteiger partial charge on any atom is 0.135 e. The van der Waals surface area contributed by atoms with Crippen molar-refractivity contribution in [2.45, 2.75) is 35.7 Å². The Morgan fingerprint density at radius 2 is 0.882 bits per heavy atom. The van der Waals surface area contributed by atoms with Gasteiger partial charge in [0, 0.05) is 58.6 Å². The van der Waals surface area contributed by atoms with Crippen molar-refractivity contribution in [2.24, 2.45) is 0 Å². The van der Waals surface area contributed by atoms with Crippen LogP contribution in [0.25, 0.3) is 0 Å². The fourth-order valence-corrected chi connectivity index (χ4v) is 9.08. The molecule has 1 heterocycles. The summed E-state index contributed by atoms with van der Waals surface area (Å²) in [7, 11) is 0. The van der Waals surface area contributed by atoms with Crippen molar-refractivity contribution in [3.63, 3.8) is 0 Å². The lowest BCUT2D eigenvalue weighted by atomic mass is 9.62. The van der Waals surface area contributed by atoms with E-state index >= 15 is 0 Å². The zero-order chi connectivity index (χ0) is 35.3. The number of hydrogen-bond acceptors (Lipinski definition) is 9. The molecular weight excluding hydrogens is 648 g/mol. The van der Waals surface area contributed by atoms with Crippen molar-refractivity contribution in [3.05, 3.63) is 159 Å². The SMILES string of the molecule is Oc1ccc([C@@H]2c3c(O)cc(O)cc3[C@H]3c4c(O)cc5c(c4[C@@H]2[C@@H]3c2ccc(O)cc2)[C@@H](c2cc(O)cc(O)c2)[C@H](c2ccc(O)cc2)O5)cc1. The zero-order valence-corrected chi connectivity index (χ0v) is 26.8. The summed E-state index contributed by atoms with van der Waals surface area (Å²) in [6, 6.07) is 29.2. The number of phenolic OH excluding ortho intramolecular Hbond substituents is 8. The predicted molar refractivity (Wildman–Crippen MR) is 186 cm³/mol. The third-order valence-electron chi connectivity index (χ3n) is 10.9. The van der Waals surface area contributed by atoms with Crippen molar-refractivity contribution in [1.29, 1.82) is 0 Å². The molecule has 0 amide bonds. The van der Waals surface area contributed by atoms with E-state index in [2.05, 4.69) is 0 Å². The topological polar surface area (TPSA) is 171 Å². The molecule has 6 aromatic rings. The van der Waals surface area contributed by atoms with E-state index in [1.54, 1.807) is 84.9 Å². The van der Waals surface area contributed by atoms with Gasteiger partial charge in [0.25, 0.3) is 0 Å². The monoisotopic (exact) mass is 680 g/mol. The van der Waals surface area contributed by atoms with E-state index in [1.807, 2.05) is 12.1 Å². The first kappa shape index (κ1) is 30.6. The molecule has 1 aliphatic heterocycles. The summed E-state index contributed by atoms with van der Waals surface area (Å²) in [4.78, 5) is 0. The van der Waals surface area contributed by atoms with Crippen LogP contribution in [0.1, 0.15) is 85.8 Å². The lowest BCUT2D eigenvalue weighted by Gasteiger charge is -2.40. The van der Waals surface area contributed by atoms with Gasteiger partial charge in [-0.15, -0.1) is 0 Å². The van der Waals surface area contributed by atoms with E-state index < -0.39 is 29.8 Å². The molecule has 0 spiro atoms. The maximum absolute atomic E-state index is 12.1. The van der Waals surface area contributed by atoms with Gasteiger partial charge < -0.3 is 45.6 Å². The van der Waals surface area contributed by atoms with Crippen LogP contribution < -0.4 is 4.74 Å². The molecule has 0 aromatic heterocycles. The first-order valence-corrected chi connectivity index (χ1v) is 16.6. The molecule has 0 radical (unpaired) electrons. The van der Waals surface area contributed by atoms with Crippen molar-refractivity contribution >= 4 is 0 Å². The average Bonchev–Trinajstić information content (AvgIpc) is 3.60. The second kappa shape index (κ2) is 11.0. The maximum atomic E-state index is 12.1. The smallest absolute Gasteiger partial charge is 0.135 e. The Morgan fingerprint density at radius 3 is 1.49 bits per heavy atom. The average molecular weight is 681 g/mol. The standard InChI is InChI=1S/C42H32O9/c43-23-7-1-19(2-8-23)33-36-29(16-28(48)17-30(36)49)37-34(20-3-9-24(44)10-4-20)40(33)41-38(37)31(50)18-32-39(41)35(22-13-26(46)15-27(47)14-22)42(51-32)21-5-11-25(45)12-6-21/h1-18,33-35,37,40,42-50H/t33-,34-,35-,37-,40+,42+/m1/s1. The molecule has 0 saturated carbocycles. The Kier molecular flexibility index (Phi) is 6.60. The molecule has 9 heteroatoms. The molecule has 2 aliphatic carbocycles. The van der Waals surface area contributed by atoms with Crippen LogP contribution in [-0.2, 0) is 0 Å². The van der Waals surface area contributed by atoms with Crippen LogP contribution in [0, 0.1) is 0 Å². The van der Waals surface area contributed by atoms with E-state index in [0.717, 1.165) is 22.3 Å². The fourth-order valence-electron chi connectivity index (χ4n) is 9.08. The number of ether oxygens (including phenoxy) is 1. The summed E-state index contributed by atoms with van der Waals surface area (Å²) in [6.45, 7) is 0. The number of phenols is 8. The van der Waals surface area contributed by atoms with Crippen LogP contribution in [0.4, 0.5) is 0 Å². The van der Waals surface area contributed by atoms with Gasteiger partial charge in [0.05, 0.1) is 5.92 Å². The Bertz CT molecular complexity index is 2330. The van der Waals surface area contributed by atoms with Crippen molar-refractivity contribution in [2.75, 3.05) is 0 Å². The first-order chi connectivity index (χ1) is 24.6. The lowest BCUT2D eigenvalue weighted by Crippen LogP contribution is -2.26. The van der Waals surface area contributed by atoms with Crippen molar-refractivity contribution < 1.29 is 45.6 Å². The minimum Gasteiger partial charge on any atom is -0.508 e. The number of fused-ring (bicyclic) bond motifs is 9. The Morgan fingerprint density at radius 1 is 0.353 bits per heavy atom. The van der Waals surface area contributed by atoms with Gasteiger partial charge >= 0.3 is 0 Å². The predicted octanol–water partition coefficient (Wildman–Crippen LogP) is 7.76. The normalized spacial score (nSPS) is 22.5. The largest absolute Gasteiger partial charge is 0.508 e. The highest BCUT2D eigenvalue weighted by atomic mass is 16.5. The van der Waals surface area contributed by atoms with Gasteiger partial charge in [0.1, 0.15) is 57.8 Å². The highest BCUT2D eigenvalue weighted by Crippen LogP contribution is 2.71. The molecule has 9 nitrogen and oxygen atoms in total. The van der Waals surface area contributed by atoms with Crippen LogP contribution >= 0.6 is 0 Å². The minimum atomic E-state index is -0.702. The Hall–Kier alpha value is -6.48. The van der Waals surface area contributed by atoms with E-state index in [4.69, 9.17) is 4.74 Å². The molecule has 6 aromatic carbocycles. The summed E-state index contributed by atoms with van der Waals surface area (Å²) in [6.07, 6.45) is -0.702. The molecule has 2 bridgehead atoms. The third-order valence-corrected chi connectivity index (χ3v) is 10.9. The molecule has 254 valence electrons. The molecule has 0 unspecified atom stereocenters. The zero-order valence-electron chi connectivity index (χ0n) is 26.8. The summed E-state index contributed by atoms with van der Waals surface area (Å²) >= 11 is 0. The Labute approximate surface area is 291 Å². The fraction of sp³-hybridized carbons (Fsp3) is 0.143. The summed E-state index contributed by atoms with van der Waals surface area (Å²) in [5, 5.41) is 86.7. The summed E-state index contributed by atoms with van der Waals surface area (Å²) in [5.74, 6) is -2.56. The molecule has 0 saturated heterocycles. The van der Waals surface area contributed by atoms with Crippen LogP contribution in [-0.4, -0.2) is 40.9 Å². The van der Waals surface area contributed by atoms with E-state index in [1.165, 1.54) is 12.1 Å². The van der Waals surface area contributed by atoms with Gasteiger partial charge in [0.2, 0.25) is 0 Å². The Balaban J connectivity index is 1.39. The molecular formula is C42H32O9.